The average molecular weight is 438 g/mol. The molecule has 5 rings (SSSR count). The topological polar surface area (TPSA) is 89.0 Å². The Morgan fingerprint density at radius 1 is 1.33 bits per heavy atom. The van der Waals surface area contributed by atoms with Gasteiger partial charge < -0.3 is 20.1 Å². The van der Waals surface area contributed by atoms with Gasteiger partial charge in [0.15, 0.2) is 12.5 Å². The maximum Gasteiger partial charge on any atom is 0.258 e. The van der Waals surface area contributed by atoms with Gasteiger partial charge in [-0.15, -0.1) is 0 Å². The van der Waals surface area contributed by atoms with Crippen molar-refractivity contribution in [3.63, 3.8) is 0 Å². The number of nitrogens with one attached hydrogen (secondary N) is 2. The Labute approximate surface area is 179 Å². The van der Waals surface area contributed by atoms with Crippen LogP contribution >= 0.6 is 11.6 Å². The second-order valence-corrected chi connectivity index (χ2v) is 8.96. The molecule has 3 saturated carbocycles. The van der Waals surface area contributed by atoms with Crippen LogP contribution in [0.15, 0.2) is 23.2 Å². The highest BCUT2D eigenvalue weighted by Gasteiger charge is 2.72. The lowest BCUT2D eigenvalue weighted by atomic mass is 9.39. The molecule has 1 unspecified atom stereocenters. The third-order valence-electron chi connectivity index (χ3n) is 6.26. The summed E-state index contributed by atoms with van der Waals surface area (Å²) in [6, 6.07) is 4.03. The molecule has 162 valence electrons. The highest BCUT2D eigenvalue weighted by Crippen LogP contribution is 2.67. The Kier molecular flexibility index (Phi) is 5.61. The molecule has 1 aliphatic heterocycles. The summed E-state index contributed by atoms with van der Waals surface area (Å²) < 4.78 is 23.9. The standard InChI is InChI=1S/C21H25ClFN3O4/c1-29-18-5-2-13(7-24-18)8-25-19(28)20-10-21(11-20,12-20)26-17(27)9-30-14-3-4-15(22)16(23)6-14/h3-4,6,13H,2,5,7-12H2,1H3,(H,25,28)(H,26,27). The Balaban J connectivity index is 1.17. The van der Waals surface area contributed by atoms with Gasteiger partial charge in [0.05, 0.1) is 17.5 Å². The Hall–Kier alpha value is -2.35. The van der Waals surface area contributed by atoms with Gasteiger partial charge >= 0.3 is 0 Å². The molecule has 1 heterocycles. The monoisotopic (exact) mass is 437 g/mol. The summed E-state index contributed by atoms with van der Waals surface area (Å²) in [6.07, 6.45) is 3.69. The fourth-order valence-electron chi connectivity index (χ4n) is 4.70. The largest absolute Gasteiger partial charge is 0.484 e. The van der Waals surface area contributed by atoms with E-state index in [0.29, 0.717) is 38.3 Å². The Bertz CT molecular complexity index is 871. The predicted molar refractivity (Wildman–Crippen MR) is 109 cm³/mol. The molecule has 2 amide bonds. The molecule has 0 saturated heterocycles. The van der Waals surface area contributed by atoms with Gasteiger partial charge in [-0.3, -0.25) is 14.6 Å². The number of amides is 2. The average Bonchev–Trinajstić information content (AvgIpc) is 2.69. The number of rotatable bonds is 7. The zero-order valence-corrected chi connectivity index (χ0v) is 17.6. The number of methoxy groups -OCH3 is 1. The van der Waals surface area contributed by atoms with Crippen molar-refractivity contribution < 1.29 is 23.5 Å². The van der Waals surface area contributed by atoms with Crippen LogP contribution in [0.5, 0.6) is 5.75 Å². The minimum Gasteiger partial charge on any atom is -0.484 e. The lowest BCUT2D eigenvalue weighted by Gasteiger charge is -2.69. The SMILES string of the molecule is COC1=NCC(CNC(=O)C23CC(NC(=O)COc4ccc(Cl)c(F)c4)(C2)C3)CC1. The molecule has 1 aromatic rings. The van der Waals surface area contributed by atoms with Crippen molar-refractivity contribution in [2.75, 3.05) is 26.8 Å². The number of hydrogen-bond acceptors (Lipinski definition) is 5. The second-order valence-electron chi connectivity index (χ2n) is 8.56. The number of carbonyl (C=O) groups is 2. The van der Waals surface area contributed by atoms with Crippen LogP contribution in [-0.2, 0) is 14.3 Å². The molecule has 9 heteroatoms. The molecular formula is C21H25ClFN3O4. The summed E-state index contributed by atoms with van der Waals surface area (Å²) in [5, 5.41) is 6.02. The van der Waals surface area contributed by atoms with Crippen LogP contribution in [-0.4, -0.2) is 50.1 Å². The van der Waals surface area contributed by atoms with Crippen LogP contribution in [0, 0.1) is 17.2 Å². The second kappa shape index (κ2) is 8.06. The van der Waals surface area contributed by atoms with E-state index in [-0.39, 0.29) is 40.1 Å². The van der Waals surface area contributed by atoms with Crippen molar-refractivity contribution in [3.8, 4) is 5.75 Å². The molecule has 30 heavy (non-hydrogen) atoms. The minimum absolute atomic E-state index is 0.000170. The van der Waals surface area contributed by atoms with E-state index in [1.54, 1.807) is 7.11 Å². The predicted octanol–water partition coefficient (Wildman–Crippen LogP) is 2.47. The summed E-state index contributed by atoms with van der Waals surface area (Å²) in [5.41, 5.74) is -0.672. The summed E-state index contributed by atoms with van der Waals surface area (Å²) in [5.74, 6) is 0.538. The first-order chi connectivity index (χ1) is 14.3. The normalized spacial score (nSPS) is 29.0. The molecule has 3 fully saturated rings. The maximum absolute atomic E-state index is 13.4. The molecule has 3 aliphatic carbocycles. The molecule has 0 spiro atoms. The molecule has 0 radical (unpaired) electrons. The van der Waals surface area contributed by atoms with Gasteiger partial charge in [0, 0.05) is 31.1 Å². The zero-order chi connectivity index (χ0) is 21.4. The van der Waals surface area contributed by atoms with Crippen molar-refractivity contribution in [2.45, 2.75) is 37.6 Å². The van der Waals surface area contributed by atoms with Crippen LogP contribution in [0.3, 0.4) is 0 Å². The summed E-state index contributed by atoms with van der Waals surface area (Å²) in [6.45, 7) is 1.08. The van der Waals surface area contributed by atoms with E-state index in [1.807, 2.05) is 0 Å². The maximum atomic E-state index is 13.4. The van der Waals surface area contributed by atoms with Gasteiger partial charge in [-0.25, -0.2) is 4.39 Å². The molecule has 7 nitrogen and oxygen atoms in total. The van der Waals surface area contributed by atoms with E-state index < -0.39 is 5.82 Å². The zero-order valence-electron chi connectivity index (χ0n) is 16.8. The van der Waals surface area contributed by atoms with Gasteiger partial charge in [-0.1, -0.05) is 11.6 Å². The van der Waals surface area contributed by atoms with Crippen molar-refractivity contribution in [1.82, 2.24) is 10.6 Å². The van der Waals surface area contributed by atoms with E-state index in [9.17, 15) is 14.0 Å². The van der Waals surface area contributed by atoms with Gasteiger partial charge in [-0.05, 0) is 43.7 Å². The number of halogens is 2. The first kappa shape index (κ1) is 20.9. The number of benzene rings is 1. The lowest BCUT2D eigenvalue weighted by Crippen LogP contribution is -2.78. The molecular weight excluding hydrogens is 413 g/mol. The number of carbonyl (C=O) groups excluding carboxylic acids is 2. The molecule has 4 aliphatic rings. The first-order valence-corrected chi connectivity index (χ1v) is 10.5. The highest BCUT2D eigenvalue weighted by molar-refractivity contribution is 6.30. The number of nitrogens with zero attached hydrogens (tertiary/aromatic N) is 1. The summed E-state index contributed by atoms with van der Waals surface area (Å²) >= 11 is 5.63. The van der Waals surface area contributed by atoms with Crippen molar-refractivity contribution in [3.05, 3.63) is 29.0 Å². The van der Waals surface area contributed by atoms with Crippen molar-refractivity contribution in [1.29, 1.82) is 0 Å². The van der Waals surface area contributed by atoms with Gasteiger partial charge in [0.1, 0.15) is 11.6 Å². The summed E-state index contributed by atoms with van der Waals surface area (Å²) in [7, 11) is 1.63. The molecule has 1 atom stereocenters. The van der Waals surface area contributed by atoms with E-state index >= 15 is 0 Å². The van der Waals surface area contributed by atoms with E-state index in [2.05, 4.69) is 15.6 Å². The highest BCUT2D eigenvalue weighted by atomic mass is 35.5. The minimum atomic E-state index is -0.596. The van der Waals surface area contributed by atoms with Gasteiger partial charge in [0.25, 0.3) is 5.91 Å². The van der Waals surface area contributed by atoms with Gasteiger partial charge in [-0.2, -0.15) is 0 Å². The number of ether oxygens (including phenoxy) is 2. The van der Waals surface area contributed by atoms with Gasteiger partial charge in [0.2, 0.25) is 5.91 Å². The smallest absolute Gasteiger partial charge is 0.258 e. The molecule has 2 bridgehead atoms. The fourth-order valence-corrected chi connectivity index (χ4v) is 4.81. The lowest BCUT2D eigenvalue weighted by molar-refractivity contribution is -0.184. The van der Waals surface area contributed by atoms with Crippen LogP contribution in [0.1, 0.15) is 32.1 Å². The number of hydrogen-bond donors (Lipinski definition) is 2. The Morgan fingerprint density at radius 2 is 2.10 bits per heavy atom. The van der Waals surface area contributed by atoms with E-state index in [1.165, 1.54) is 12.1 Å². The van der Waals surface area contributed by atoms with Crippen LogP contribution < -0.4 is 15.4 Å². The van der Waals surface area contributed by atoms with E-state index in [0.717, 1.165) is 24.8 Å². The van der Waals surface area contributed by atoms with Crippen molar-refractivity contribution in [2.24, 2.45) is 16.3 Å². The third kappa shape index (κ3) is 4.10. The fraction of sp³-hybridized carbons (Fsp3) is 0.571. The van der Waals surface area contributed by atoms with Crippen molar-refractivity contribution >= 4 is 29.3 Å². The first-order valence-electron chi connectivity index (χ1n) is 10.1. The van der Waals surface area contributed by atoms with Crippen LogP contribution in [0.25, 0.3) is 0 Å². The molecule has 2 N–H and O–H groups in total. The summed E-state index contributed by atoms with van der Waals surface area (Å²) in [4.78, 5) is 29.1. The number of aliphatic imine (C=N–C) groups is 1. The van der Waals surface area contributed by atoms with Crippen LogP contribution in [0.4, 0.5) is 4.39 Å². The molecule has 1 aromatic carbocycles. The van der Waals surface area contributed by atoms with Crippen LogP contribution in [0.2, 0.25) is 5.02 Å². The quantitative estimate of drug-likeness (QED) is 0.685. The third-order valence-corrected chi connectivity index (χ3v) is 6.56. The van der Waals surface area contributed by atoms with E-state index in [4.69, 9.17) is 21.1 Å². The molecule has 0 aromatic heterocycles. The Morgan fingerprint density at radius 3 is 2.73 bits per heavy atom.